The van der Waals surface area contributed by atoms with Crippen LogP contribution in [0, 0.1) is 10.1 Å². The van der Waals surface area contributed by atoms with Crippen LogP contribution >= 0.6 is 15.9 Å². The fourth-order valence-electron chi connectivity index (χ4n) is 2.03. The zero-order valence-corrected chi connectivity index (χ0v) is 11.4. The second-order valence-electron chi connectivity index (χ2n) is 4.32. The van der Waals surface area contributed by atoms with Crippen molar-refractivity contribution in [3.63, 3.8) is 0 Å². The largest absolute Gasteiger partial charge is 0.300 e. The summed E-state index contributed by atoms with van der Waals surface area (Å²) < 4.78 is 0.534. The summed E-state index contributed by atoms with van der Waals surface area (Å²) in [5.74, 6) is 0.296. The first-order chi connectivity index (χ1) is 8.58. The van der Waals surface area contributed by atoms with Crippen molar-refractivity contribution in [2.45, 2.75) is 19.4 Å². The standard InChI is InChI=1S/C12H13BrN2O3/c13-12-9(2-1-3-11(12)15(17)18)8-14-6-4-10(16)5-7-14/h1-3H,4-8H2. The predicted octanol–water partition coefficient (Wildman–Crippen LogP) is 2.52. The van der Waals surface area contributed by atoms with Gasteiger partial charge in [-0.05, 0) is 21.5 Å². The minimum absolute atomic E-state index is 0.0839. The number of piperidine rings is 1. The molecule has 5 nitrogen and oxygen atoms in total. The number of hydrogen-bond donors (Lipinski definition) is 0. The smallest absolute Gasteiger partial charge is 0.283 e. The van der Waals surface area contributed by atoms with Gasteiger partial charge in [-0.1, -0.05) is 12.1 Å². The average Bonchev–Trinajstić information content (AvgIpc) is 2.34. The summed E-state index contributed by atoms with van der Waals surface area (Å²) in [5, 5.41) is 10.8. The van der Waals surface area contributed by atoms with E-state index in [4.69, 9.17) is 0 Å². The summed E-state index contributed by atoms with van der Waals surface area (Å²) >= 11 is 3.29. The first-order valence-electron chi connectivity index (χ1n) is 5.74. The molecule has 18 heavy (non-hydrogen) atoms. The lowest BCUT2D eigenvalue weighted by Gasteiger charge is -2.26. The van der Waals surface area contributed by atoms with Crippen LogP contribution in [-0.2, 0) is 11.3 Å². The molecular formula is C12H13BrN2O3. The van der Waals surface area contributed by atoms with Gasteiger partial charge >= 0.3 is 0 Å². The minimum atomic E-state index is -0.396. The number of halogens is 1. The molecule has 1 aliphatic rings. The number of nitrogens with zero attached hydrogens (tertiary/aromatic N) is 2. The first-order valence-corrected chi connectivity index (χ1v) is 6.53. The third kappa shape index (κ3) is 2.94. The van der Waals surface area contributed by atoms with Crippen LogP contribution < -0.4 is 0 Å². The molecule has 0 N–H and O–H groups in total. The Morgan fingerprint density at radius 3 is 2.61 bits per heavy atom. The maximum Gasteiger partial charge on any atom is 0.283 e. The summed E-state index contributed by atoms with van der Waals surface area (Å²) in [7, 11) is 0. The second-order valence-corrected chi connectivity index (χ2v) is 5.12. The highest BCUT2D eigenvalue weighted by Crippen LogP contribution is 2.29. The van der Waals surface area contributed by atoms with Crippen molar-refractivity contribution in [1.29, 1.82) is 0 Å². The van der Waals surface area contributed by atoms with Gasteiger partial charge in [-0.15, -0.1) is 0 Å². The molecule has 96 valence electrons. The highest BCUT2D eigenvalue weighted by Gasteiger charge is 2.20. The Morgan fingerprint density at radius 2 is 2.00 bits per heavy atom. The van der Waals surface area contributed by atoms with Crippen molar-refractivity contribution >= 4 is 27.4 Å². The van der Waals surface area contributed by atoms with E-state index in [1.165, 1.54) is 6.07 Å². The molecule has 1 aromatic carbocycles. The molecule has 0 aliphatic carbocycles. The Morgan fingerprint density at radius 1 is 1.33 bits per heavy atom. The summed E-state index contributed by atoms with van der Waals surface area (Å²) in [6, 6.07) is 5.04. The number of likely N-dealkylation sites (tertiary alicyclic amines) is 1. The highest BCUT2D eigenvalue weighted by molar-refractivity contribution is 9.10. The number of nitro groups is 1. The molecule has 6 heteroatoms. The predicted molar refractivity (Wildman–Crippen MR) is 70.3 cm³/mol. The highest BCUT2D eigenvalue weighted by atomic mass is 79.9. The van der Waals surface area contributed by atoms with E-state index < -0.39 is 4.92 Å². The zero-order chi connectivity index (χ0) is 13.1. The van der Waals surface area contributed by atoms with Gasteiger partial charge in [0.05, 0.1) is 9.40 Å². The summed E-state index contributed by atoms with van der Waals surface area (Å²) in [4.78, 5) is 23.7. The number of nitro benzene ring substituents is 1. The minimum Gasteiger partial charge on any atom is -0.300 e. The number of ketones is 1. The molecule has 1 heterocycles. The quantitative estimate of drug-likeness (QED) is 0.635. The molecule has 1 aromatic rings. The molecule has 1 aliphatic heterocycles. The van der Waals surface area contributed by atoms with Crippen LogP contribution in [0.15, 0.2) is 22.7 Å². The van der Waals surface area contributed by atoms with Gasteiger partial charge in [0.2, 0.25) is 0 Å². The third-order valence-electron chi connectivity index (χ3n) is 3.06. The lowest BCUT2D eigenvalue weighted by molar-refractivity contribution is -0.385. The van der Waals surface area contributed by atoms with Crippen molar-refractivity contribution in [2.75, 3.05) is 13.1 Å². The number of hydrogen-bond acceptors (Lipinski definition) is 4. The van der Waals surface area contributed by atoms with Crippen LogP contribution in [0.3, 0.4) is 0 Å². The maximum absolute atomic E-state index is 11.1. The number of Topliss-reactive ketones (excluding diaryl/α,β-unsaturated/α-hetero) is 1. The van der Waals surface area contributed by atoms with Gasteiger partial charge in [-0.25, -0.2) is 0 Å². The van der Waals surface area contributed by atoms with E-state index in [-0.39, 0.29) is 5.69 Å². The lowest BCUT2D eigenvalue weighted by atomic mass is 10.1. The van der Waals surface area contributed by atoms with Crippen molar-refractivity contribution in [1.82, 2.24) is 4.90 Å². The molecule has 0 aromatic heterocycles. The third-order valence-corrected chi connectivity index (χ3v) is 3.98. The topological polar surface area (TPSA) is 63.5 Å². The van der Waals surface area contributed by atoms with Crippen LogP contribution in [-0.4, -0.2) is 28.7 Å². The molecule has 0 atom stereocenters. The maximum atomic E-state index is 11.1. The van der Waals surface area contributed by atoms with E-state index in [0.717, 1.165) is 18.7 Å². The van der Waals surface area contributed by atoms with Crippen molar-refractivity contribution in [3.05, 3.63) is 38.3 Å². The van der Waals surface area contributed by atoms with E-state index in [1.54, 1.807) is 6.07 Å². The molecule has 1 saturated heterocycles. The van der Waals surface area contributed by atoms with Gasteiger partial charge < -0.3 is 0 Å². The van der Waals surface area contributed by atoms with Gasteiger partial charge in [-0.2, -0.15) is 0 Å². The number of carbonyl (C=O) groups excluding carboxylic acids is 1. The summed E-state index contributed by atoms with van der Waals surface area (Å²) in [6.45, 7) is 2.09. The molecule has 0 saturated carbocycles. The molecular weight excluding hydrogens is 300 g/mol. The lowest BCUT2D eigenvalue weighted by Crippen LogP contribution is -2.33. The molecule has 1 fully saturated rings. The Balaban J connectivity index is 2.12. The number of rotatable bonds is 3. The monoisotopic (exact) mass is 312 g/mol. The summed E-state index contributed by atoms with van der Waals surface area (Å²) in [6.07, 6.45) is 1.15. The Hall–Kier alpha value is -1.27. The van der Waals surface area contributed by atoms with Gasteiger partial charge in [0.1, 0.15) is 5.78 Å². The fraction of sp³-hybridized carbons (Fsp3) is 0.417. The molecule has 0 spiro atoms. The normalized spacial score (nSPS) is 16.8. The first kappa shape index (κ1) is 13.2. The van der Waals surface area contributed by atoms with E-state index in [9.17, 15) is 14.9 Å². The van der Waals surface area contributed by atoms with E-state index in [1.807, 2.05) is 6.07 Å². The fourth-order valence-corrected chi connectivity index (χ4v) is 2.57. The van der Waals surface area contributed by atoms with Crippen LogP contribution in [0.2, 0.25) is 0 Å². The average molecular weight is 313 g/mol. The number of benzene rings is 1. The van der Waals surface area contributed by atoms with Crippen LogP contribution in [0.1, 0.15) is 18.4 Å². The molecule has 0 unspecified atom stereocenters. The van der Waals surface area contributed by atoms with Crippen molar-refractivity contribution in [2.24, 2.45) is 0 Å². The second kappa shape index (κ2) is 5.58. The van der Waals surface area contributed by atoms with Gasteiger partial charge in [-0.3, -0.25) is 19.8 Å². The van der Waals surface area contributed by atoms with Crippen molar-refractivity contribution < 1.29 is 9.72 Å². The van der Waals surface area contributed by atoms with E-state index >= 15 is 0 Å². The Bertz CT molecular complexity index is 480. The van der Waals surface area contributed by atoms with Gasteiger partial charge in [0, 0.05) is 38.5 Å². The SMILES string of the molecule is O=C1CCN(Cc2cccc([N+](=O)[O-])c2Br)CC1. The molecule has 0 radical (unpaired) electrons. The molecule has 2 rings (SSSR count). The molecule has 0 amide bonds. The van der Waals surface area contributed by atoms with Gasteiger partial charge in [0.15, 0.2) is 0 Å². The van der Waals surface area contributed by atoms with Crippen LogP contribution in [0.25, 0.3) is 0 Å². The summed E-state index contributed by atoms with van der Waals surface area (Å²) in [5.41, 5.74) is 0.971. The molecule has 0 bridgehead atoms. The Labute approximate surface area is 113 Å². The van der Waals surface area contributed by atoms with Crippen molar-refractivity contribution in [3.8, 4) is 0 Å². The van der Waals surface area contributed by atoms with Gasteiger partial charge in [0.25, 0.3) is 5.69 Å². The van der Waals surface area contributed by atoms with Crippen LogP contribution in [0.5, 0.6) is 0 Å². The van der Waals surface area contributed by atoms with E-state index in [0.29, 0.717) is 29.6 Å². The van der Waals surface area contributed by atoms with E-state index in [2.05, 4.69) is 20.8 Å². The number of carbonyl (C=O) groups is 1. The zero-order valence-electron chi connectivity index (χ0n) is 9.76. The van der Waals surface area contributed by atoms with Crippen LogP contribution in [0.4, 0.5) is 5.69 Å². The Kier molecular flexibility index (Phi) is 4.08.